The van der Waals surface area contributed by atoms with Gasteiger partial charge in [0.1, 0.15) is 5.82 Å². The van der Waals surface area contributed by atoms with Gasteiger partial charge < -0.3 is 16.0 Å². The number of nitrogens with one attached hydrogen (secondary N) is 1. The maximum absolute atomic E-state index is 12.7. The molecule has 0 aromatic heterocycles. The van der Waals surface area contributed by atoms with Crippen LogP contribution in [0.25, 0.3) is 0 Å². The van der Waals surface area contributed by atoms with Gasteiger partial charge in [0.05, 0.1) is 0 Å². The molecule has 1 aromatic rings. The first-order chi connectivity index (χ1) is 8.11. The lowest BCUT2D eigenvalue weighted by atomic mass is 10.2. The number of hydrogen-bond donors (Lipinski definition) is 2. The van der Waals surface area contributed by atoms with Crippen molar-refractivity contribution >= 4 is 5.96 Å². The van der Waals surface area contributed by atoms with Crippen LogP contribution in [0.15, 0.2) is 29.3 Å². The molecule has 4 nitrogen and oxygen atoms in total. The summed E-state index contributed by atoms with van der Waals surface area (Å²) in [6, 6.07) is 6.54. The Morgan fingerprint density at radius 3 is 2.65 bits per heavy atom. The third-order valence-corrected chi connectivity index (χ3v) is 2.41. The highest BCUT2D eigenvalue weighted by atomic mass is 19.1. The summed E-state index contributed by atoms with van der Waals surface area (Å²) < 4.78 is 12.7. The molecule has 3 N–H and O–H groups in total. The highest BCUT2D eigenvalue weighted by molar-refractivity contribution is 5.77. The number of guanidine groups is 1. The van der Waals surface area contributed by atoms with E-state index in [-0.39, 0.29) is 5.82 Å². The lowest BCUT2D eigenvalue weighted by Gasteiger charge is -2.17. The summed E-state index contributed by atoms with van der Waals surface area (Å²) in [5.74, 6) is 0.241. The summed E-state index contributed by atoms with van der Waals surface area (Å²) in [7, 11) is 3.65. The Labute approximate surface area is 101 Å². The summed E-state index contributed by atoms with van der Waals surface area (Å²) in [4.78, 5) is 5.93. The summed E-state index contributed by atoms with van der Waals surface area (Å²) in [5.41, 5.74) is 6.60. The standard InChI is InChI=1S/C12H19FN4/c1-15-12(14)16-7-8-17(2)9-10-3-5-11(13)6-4-10/h3-6H,7-9H2,1-2H3,(H3,14,15,16). The van der Waals surface area contributed by atoms with Crippen LogP contribution in [0, 0.1) is 5.82 Å². The molecule has 0 spiro atoms. The van der Waals surface area contributed by atoms with Crippen LogP contribution in [0.4, 0.5) is 4.39 Å². The van der Waals surface area contributed by atoms with E-state index in [2.05, 4.69) is 15.2 Å². The van der Waals surface area contributed by atoms with Crippen LogP contribution < -0.4 is 11.1 Å². The van der Waals surface area contributed by atoms with Crippen molar-refractivity contribution in [1.82, 2.24) is 10.2 Å². The molecule has 0 aliphatic rings. The molecule has 0 atom stereocenters. The molecule has 0 amide bonds. The molecule has 1 rings (SSSR count). The van der Waals surface area contributed by atoms with Gasteiger partial charge in [0.25, 0.3) is 0 Å². The SMILES string of the molecule is CN=C(N)NCCN(C)Cc1ccc(F)cc1. The van der Waals surface area contributed by atoms with Crippen molar-refractivity contribution in [3.8, 4) is 0 Å². The zero-order chi connectivity index (χ0) is 12.7. The second-order valence-electron chi connectivity index (χ2n) is 3.90. The first-order valence-corrected chi connectivity index (χ1v) is 5.51. The molecule has 0 aliphatic carbocycles. The maximum Gasteiger partial charge on any atom is 0.188 e. The number of aliphatic imine (C=N–C) groups is 1. The van der Waals surface area contributed by atoms with Crippen LogP contribution in [0.5, 0.6) is 0 Å². The van der Waals surface area contributed by atoms with Gasteiger partial charge in [-0.25, -0.2) is 4.39 Å². The fourth-order valence-electron chi connectivity index (χ4n) is 1.43. The molecule has 0 bridgehead atoms. The van der Waals surface area contributed by atoms with Crippen molar-refractivity contribution in [3.05, 3.63) is 35.6 Å². The topological polar surface area (TPSA) is 53.6 Å². The first-order valence-electron chi connectivity index (χ1n) is 5.51. The average molecular weight is 238 g/mol. The Morgan fingerprint density at radius 1 is 1.41 bits per heavy atom. The van der Waals surface area contributed by atoms with Gasteiger partial charge in [0, 0.05) is 26.7 Å². The molecular formula is C12H19FN4. The first kappa shape index (κ1) is 13.4. The van der Waals surface area contributed by atoms with Gasteiger partial charge in [-0.05, 0) is 24.7 Å². The molecule has 0 unspecified atom stereocenters. The summed E-state index contributed by atoms with van der Waals surface area (Å²) in [5, 5.41) is 2.98. The maximum atomic E-state index is 12.7. The van der Waals surface area contributed by atoms with E-state index >= 15 is 0 Å². The fraction of sp³-hybridized carbons (Fsp3) is 0.417. The van der Waals surface area contributed by atoms with Crippen LogP contribution in [0.1, 0.15) is 5.56 Å². The minimum absolute atomic E-state index is 0.204. The van der Waals surface area contributed by atoms with Gasteiger partial charge in [-0.1, -0.05) is 12.1 Å². The molecule has 1 aromatic carbocycles. The molecule has 17 heavy (non-hydrogen) atoms. The minimum atomic E-state index is -0.204. The summed E-state index contributed by atoms with van der Waals surface area (Å²) >= 11 is 0. The quantitative estimate of drug-likeness (QED) is 0.589. The van der Waals surface area contributed by atoms with E-state index in [4.69, 9.17) is 5.73 Å². The van der Waals surface area contributed by atoms with Crippen LogP contribution >= 0.6 is 0 Å². The molecule has 0 radical (unpaired) electrons. The van der Waals surface area contributed by atoms with Crippen molar-refractivity contribution in [2.45, 2.75) is 6.54 Å². The molecule has 0 heterocycles. The Hall–Kier alpha value is -1.62. The Bertz CT molecular complexity index is 361. The Kier molecular flexibility index (Phi) is 5.42. The van der Waals surface area contributed by atoms with Gasteiger partial charge in [0.15, 0.2) is 5.96 Å². The molecular weight excluding hydrogens is 219 g/mol. The van der Waals surface area contributed by atoms with Crippen LogP contribution in [0.3, 0.4) is 0 Å². The van der Waals surface area contributed by atoms with E-state index in [9.17, 15) is 4.39 Å². The smallest absolute Gasteiger partial charge is 0.188 e. The molecule has 0 saturated carbocycles. The van der Waals surface area contributed by atoms with E-state index in [0.717, 1.165) is 25.2 Å². The van der Waals surface area contributed by atoms with Gasteiger partial charge in [0.2, 0.25) is 0 Å². The van der Waals surface area contributed by atoms with Crippen LogP contribution in [-0.4, -0.2) is 38.0 Å². The second kappa shape index (κ2) is 6.85. The number of nitrogens with two attached hydrogens (primary N) is 1. The fourth-order valence-corrected chi connectivity index (χ4v) is 1.43. The summed E-state index contributed by atoms with van der Waals surface area (Å²) in [6.07, 6.45) is 0. The van der Waals surface area contributed by atoms with Gasteiger partial charge in [-0.15, -0.1) is 0 Å². The van der Waals surface area contributed by atoms with Crippen molar-refractivity contribution in [2.75, 3.05) is 27.2 Å². The lowest BCUT2D eigenvalue weighted by Crippen LogP contribution is -2.37. The van der Waals surface area contributed by atoms with Crippen molar-refractivity contribution < 1.29 is 4.39 Å². The molecule has 5 heteroatoms. The van der Waals surface area contributed by atoms with Gasteiger partial charge in [-0.3, -0.25) is 4.99 Å². The lowest BCUT2D eigenvalue weighted by molar-refractivity contribution is 0.331. The number of halogens is 1. The number of nitrogens with zero attached hydrogens (tertiary/aromatic N) is 2. The van der Waals surface area contributed by atoms with Crippen LogP contribution in [-0.2, 0) is 6.54 Å². The van der Waals surface area contributed by atoms with Gasteiger partial charge >= 0.3 is 0 Å². The van der Waals surface area contributed by atoms with Crippen molar-refractivity contribution in [1.29, 1.82) is 0 Å². The predicted octanol–water partition coefficient (Wildman–Crippen LogP) is 0.792. The number of rotatable bonds is 5. The molecule has 0 aliphatic heterocycles. The third-order valence-electron chi connectivity index (χ3n) is 2.41. The highest BCUT2D eigenvalue weighted by Gasteiger charge is 2.00. The van der Waals surface area contributed by atoms with Crippen molar-refractivity contribution in [2.24, 2.45) is 10.7 Å². The largest absolute Gasteiger partial charge is 0.370 e. The number of benzene rings is 1. The van der Waals surface area contributed by atoms with E-state index < -0.39 is 0 Å². The third kappa shape index (κ3) is 5.31. The van der Waals surface area contributed by atoms with Gasteiger partial charge in [-0.2, -0.15) is 0 Å². The highest BCUT2D eigenvalue weighted by Crippen LogP contribution is 2.04. The zero-order valence-corrected chi connectivity index (χ0v) is 10.3. The molecule has 0 saturated heterocycles. The number of likely N-dealkylation sites (N-methyl/N-ethyl adjacent to an activating group) is 1. The normalized spacial score (nSPS) is 11.9. The molecule has 94 valence electrons. The minimum Gasteiger partial charge on any atom is -0.370 e. The zero-order valence-electron chi connectivity index (χ0n) is 10.3. The van der Waals surface area contributed by atoms with E-state index in [1.54, 1.807) is 19.2 Å². The van der Waals surface area contributed by atoms with E-state index in [0.29, 0.717) is 5.96 Å². The van der Waals surface area contributed by atoms with E-state index in [1.165, 1.54) is 12.1 Å². The van der Waals surface area contributed by atoms with Crippen LogP contribution in [0.2, 0.25) is 0 Å². The Balaban J connectivity index is 2.29. The Morgan fingerprint density at radius 2 is 2.06 bits per heavy atom. The number of hydrogen-bond acceptors (Lipinski definition) is 2. The monoisotopic (exact) mass is 238 g/mol. The summed E-state index contributed by atoms with van der Waals surface area (Å²) in [6.45, 7) is 2.36. The second-order valence-corrected chi connectivity index (χ2v) is 3.90. The van der Waals surface area contributed by atoms with E-state index in [1.807, 2.05) is 7.05 Å². The molecule has 0 fully saturated rings. The predicted molar refractivity (Wildman–Crippen MR) is 68.3 cm³/mol. The average Bonchev–Trinajstić information content (AvgIpc) is 2.32. The van der Waals surface area contributed by atoms with Crippen molar-refractivity contribution in [3.63, 3.8) is 0 Å².